The first-order valence-electron chi connectivity index (χ1n) is 4.24. The van der Waals surface area contributed by atoms with Gasteiger partial charge in [0.25, 0.3) is 0 Å². The van der Waals surface area contributed by atoms with Crippen molar-refractivity contribution in [3.63, 3.8) is 0 Å². The van der Waals surface area contributed by atoms with Crippen molar-refractivity contribution in [2.45, 2.75) is 6.42 Å². The molecule has 0 aromatic heterocycles. The molecule has 0 aliphatic carbocycles. The smallest absolute Gasteiger partial charge is 0.154 e. The highest BCUT2D eigenvalue weighted by molar-refractivity contribution is 6.00. The van der Waals surface area contributed by atoms with E-state index in [0.29, 0.717) is 13.1 Å². The monoisotopic (exact) mass is 186 g/mol. The van der Waals surface area contributed by atoms with E-state index in [1.165, 1.54) is 0 Å². The Bertz CT molecular complexity index is 168. The zero-order valence-corrected chi connectivity index (χ0v) is 8.83. The van der Waals surface area contributed by atoms with Gasteiger partial charge in [-0.15, -0.1) is 0 Å². The van der Waals surface area contributed by atoms with Gasteiger partial charge >= 0.3 is 0 Å². The molecule has 0 radical (unpaired) electrons. The number of carbonyl (C=O) groups excluding carboxylic acids is 2. The first-order valence-corrected chi connectivity index (χ1v) is 4.24. The largest absolute Gasteiger partial charge is 0.302 e. The van der Waals surface area contributed by atoms with Gasteiger partial charge in [-0.2, -0.15) is 0 Å². The van der Waals surface area contributed by atoms with Crippen molar-refractivity contribution in [1.82, 2.24) is 9.80 Å². The highest BCUT2D eigenvalue weighted by Gasteiger charge is 2.10. The summed E-state index contributed by atoms with van der Waals surface area (Å²) in [6, 6.07) is 0. The van der Waals surface area contributed by atoms with Crippen molar-refractivity contribution in [3.05, 3.63) is 0 Å². The molecule has 0 spiro atoms. The molecule has 0 N–H and O–H groups in total. The maximum Gasteiger partial charge on any atom is 0.154 e. The second-order valence-corrected chi connectivity index (χ2v) is 3.73. The molecule has 0 aromatic carbocycles. The number of hydrogen-bond acceptors (Lipinski definition) is 4. The number of nitrogens with zero attached hydrogens (tertiary/aromatic N) is 2. The van der Waals surface area contributed by atoms with Crippen molar-refractivity contribution in [3.8, 4) is 0 Å². The van der Waals surface area contributed by atoms with Gasteiger partial charge in [0.15, 0.2) is 11.6 Å². The molecule has 0 aliphatic heterocycles. The Balaban J connectivity index is 3.72. The number of carbonyl (C=O) groups is 2. The van der Waals surface area contributed by atoms with E-state index >= 15 is 0 Å². The molecule has 0 amide bonds. The molecule has 0 heterocycles. The number of hydrogen-bond donors (Lipinski definition) is 0. The van der Waals surface area contributed by atoms with Crippen LogP contribution in [-0.4, -0.2) is 62.6 Å². The predicted molar refractivity (Wildman–Crippen MR) is 51.7 cm³/mol. The Labute approximate surface area is 79.5 Å². The number of ketones is 2. The Morgan fingerprint density at radius 3 is 1.38 bits per heavy atom. The summed E-state index contributed by atoms with van der Waals surface area (Å²) in [5.41, 5.74) is 0. The van der Waals surface area contributed by atoms with E-state index in [1.54, 1.807) is 9.80 Å². The quantitative estimate of drug-likeness (QED) is 0.531. The van der Waals surface area contributed by atoms with Gasteiger partial charge in [-0.3, -0.25) is 9.59 Å². The van der Waals surface area contributed by atoms with Crippen LogP contribution < -0.4 is 0 Å². The maximum atomic E-state index is 11.2. The summed E-state index contributed by atoms with van der Waals surface area (Å²) in [5.74, 6) is -0.0336. The normalized spacial score (nSPS) is 10.9. The Morgan fingerprint density at radius 2 is 1.15 bits per heavy atom. The van der Waals surface area contributed by atoms with E-state index in [0.717, 1.165) is 0 Å². The standard InChI is InChI=1S/C9H18N2O2/c1-10(2)6-8(12)5-9(13)7-11(3)4/h5-7H2,1-4H3. The van der Waals surface area contributed by atoms with Crippen LogP contribution in [0.25, 0.3) is 0 Å². The molecule has 0 rings (SSSR count). The third-order valence-corrected chi connectivity index (χ3v) is 1.38. The zero-order chi connectivity index (χ0) is 10.4. The highest BCUT2D eigenvalue weighted by atomic mass is 16.1. The minimum atomic E-state index is -0.0168. The minimum Gasteiger partial charge on any atom is -0.302 e. The first kappa shape index (κ1) is 12.3. The molecule has 4 heteroatoms. The van der Waals surface area contributed by atoms with Crippen LogP contribution in [0.5, 0.6) is 0 Å². The molecule has 0 saturated heterocycles. The van der Waals surface area contributed by atoms with Crippen LogP contribution in [0.15, 0.2) is 0 Å². The van der Waals surface area contributed by atoms with E-state index in [1.807, 2.05) is 28.2 Å². The van der Waals surface area contributed by atoms with E-state index in [9.17, 15) is 9.59 Å². The molecule has 0 bridgehead atoms. The second kappa shape index (κ2) is 5.83. The summed E-state index contributed by atoms with van der Waals surface area (Å²) < 4.78 is 0. The van der Waals surface area contributed by atoms with Gasteiger partial charge in [0, 0.05) is 0 Å². The SMILES string of the molecule is CN(C)CC(=O)CC(=O)CN(C)C. The van der Waals surface area contributed by atoms with Gasteiger partial charge in [-0.25, -0.2) is 0 Å². The van der Waals surface area contributed by atoms with E-state index in [-0.39, 0.29) is 18.0 Å². The van der Waals surface area contributed by atoms with Crippen LogP contribution in [0.1, 0.15) is 6.42 Å². The van der Waals surface area contributed by atoms with E-state index < -0.39 is 0 Å². The Morgan fingerprint density at radius 1 is 0.846 bits per heavy atom. The molecule has 0 unspecified atom stereocenters. The van der Waals surface area contributed by atoms with Crippen LogP contribution >= 0.6 is 0 Å². The van der Waals surface area contributed by atoms with Crippen LogP contribution in [0.2, 0.25) is 0 Å². The summed E-state index contributed by atoms with van der Waals surface area (Å²) in [5, 5.41) is 0. The average molecular weight is 186 g/mol. The molecule has 76 valence electrons. The Kier molecular flexibility index (Phi) is 5.50. The molecule has 0 aromatic rings. The average Bonchev–Trinajstić information content (AvgIpc) is 1.80. The van der Waals surface area contributed by atoms with E-state index in [2.05, 4.69) is 0 Å². The molecule has 13 heavy (non-hydrogen) atoms. The van der Waals surface area contributed by atoms with Crippen LogP contribution in [0.3, 0.4) is 0 Å². The van der Waals surface area contributed by atoms with E-state index in [4.69, 9.17) is 0 Å². The topological polar surface area (TPSA) is 40.6 Å². The molecular formula is C9H18N2O2. The Hall–Kier alpha value is -0.740. The van der Waals surface area contributed by atoms with Crippen LogP contribution in [-0.2, 0) is 9.59 Å². The van der Waals surface area contributed by atoms with Gasteiger partial charge in [0.05, 0.1) is 19.5 Å². The van der Waals surface area contributed by atoms with Gasteiger partial charge < -0.3 is 9.80 Å². The fourth-order valence-electron chi connectivity index (χ4n) is 1.04. The zero-order valence-electron chi connectivity index (χ0n) is 8.83. The van der Waals surface area contributed by atoms with Gasteiger partial charge in [-0.1, -0.05) is 0 Å². The fraction of sp³-hybridized carbons (Fsp3) is 0.778. The van der Waals surface area contributed by atoms with Crippen molar-refractivity contribution in [2.24, 2.45) is 0 Å². The minimum absolute atomic E-state index is 0.0168. The molecule has 0 aliphatic rings. The van der Waals surface area contributed by atoms with Gasteiger partial charge in [0.2, 0.25) is 0 Å². The van der Waals surface area contributed by atoms with Crippen LogP contribution in [0.4, 0.5) is 0 Å². The lowest BCUT2D eigenvalue weighted by Crippen LogP contribution is -2.28. The number of Topliss-reactive ketones (excluding diaryl/α,β-unsaturated/α-hetero) is 2. The lowest BCUT2D eigenvalue weighted by atomic mass is 10.2. The van der Waals surface area contributed by atoms with Gasteiger partial charge in [-0.05, 0) is 28.2 Å². The highest BCUT2D eigenvalue weighted by Crippen LogP contribution is 1.90. The number of rotatable bonds is 6. The summed E-state index contributed by atoms with van der Waals surface area (Å²) >= 11 is 0. The summed E-state index contributed by atoms with van der Waals surface area (Å²) in [7, 11) is 7.26. The van der Waals surface area contributed by atoms with Crippen molar-refractivity contribution < 1.29 is 9.59 Å². The fourth-order valence-corrected chi connectivity index (χ4v) is 1.04. The molecule has 0 fully saturated rings. The maximum absolute atomic E-state index is 11.2. The van der Waals surface area contributed by atoms with Gasteiger partial charge in [0.1, 0.15) is 0 Å². The third kappa shape index (κ3) is 7.62. The lowest BCUT2D eigenvalue weighted by Gasteiger charge is -2.09. The predicted octanol–water partition coefficient (Wildman–Crippen LogP) is -0.362. The molecular weight excluding hydrogens is 168 g/mol. The first-order chi connectivity index (χ1) is 5.91. The second-order valence-electron chi connectivity index (χ2n) is 3.73. The lowest BCUT2D eigenvalue weighted by molar-refractivity contribution is -0.127. The third-order valence-electron chi connectivity index (χ3n) is 1.38. The van der Waals surface area contributed by atoms with Crippen molar-refractivity contribution >= 4 is 11.6 Å². The molecule has 4 nitrogen and oxygen atoms in total. The number of likely N-dealkylation sites (N-methyl/N-ethyl adjacent to an activating group) is 2. The van der Waals surface area contributed by atoms with Crippen LogP contribution in [0, 0.1) is 0 Å². The molecule has 0 saturated carbocycles. The van der Waals surface area contributed by atoms with Crippen molar-refractivity contribution in [2.75, 3.05) is 41.3 Å². The summed E-state index contributed by atoms with van der Waals surface area (Å²) in [6.45, 7) is 0.693. The summed E-state index contributed by atoms with van der Waals surface area (Å²) in [6.07, 6.45) is 0.0519. The van der Waals surface area contributed by atoms with Crippen molar-refractivity contribution in [1.29, 1.82) is 0 Å². The summed E-state index contributed by atoms with van der Waals surface area (Å²) in [4.78, 5) is 25.9. The molecule has 0 atom stereocenters.